The molecule has 0 aliphatic heterocycles. The molecule has 1 heterocycles. The highest BCUT2D eigenvalue weighted by molar-refractivity contribution is 5.45. The Morgan fingerprint density at radius 1 is 1.35 bits per heavy atom. The van der Waals surface area contributed by atoms with Gasteiger partial charge >= 0.3 is 0 Å². The normalized spacial score (nSPS) is 33.6. The molecular weight excluding hydrogens is 212 g/mol. The monoisotopic (exact) mass is 234 g/mol. The van der Waals surface area contributed by atoms with Crippen LogP contribution in [0.5, 0.6) is 0 Å². The maximum Gasteiger partial charge on any atom is 0.129 e. The summed E-state index contributed by atoms with van der Waals surface area (Å²) in [5.41, 5.74) is 7.00. The maximum absolute atomic E-state index is 10.9. The molecule has 2 rings (SSSR count). The molecule has 1 aromatic heterocycles. The van der Waals surface area contributed by atoms with Gasteiger partial charge in [-0.1, -0.05) is 13.8 Å². The number of hydrogen-bond acceptors (Lipinski definition) is 3. The number of aryl methyl sites for hydroxylation is 1. The summed E-state index contributed by atoms with van der Waals surface area (Å²) in [4.78, 5) is 4.17. The molecule has 3 nitrogen and oxygen atoms in total. The Labute approximate surface area is 103 Å². The van der Waals surface area contributed by atoms with Crippen LogP contribution in [0.4, 0.5) is 5.82 Å². The Hall–Kier alpha value is -1.09. The number of hydrogen-bond donors (Lipinski definition) is 2. The van der Waals surface area contributed by atoms with Gasteiger partial charge in [-0.15, -0.1) is 0 Å². The highest BCUT2D eigenvalue weighted by Crippen LogP contribution is 2.43. The summed E-state index contributed by atoms with van der Waals surface area (Å²) in [5, 5.41) is 10.9. The van der Waals surface area contributed by atoms with Gasteiger partial charge in [0, 0.05) is 11.8 Å². The SMILES string of the molecule is Cc1cnc(N)c(C2(O)CC(C)CC(C)C2)c1. The quantitative estimate of drug-likeness (QED) is 0.785. The zero-order valence-electron chi connectivity index (χ0n) is 10.9. The van der Waals surface area contributed by atoms with Crippen LogP contribution in [0.15, 0.2) is 12.3 Å². The molecule has 0 amide bonds. The van der Waals surface area contributed by atoms with E-state index in [1.807, 2.05) is 13.0 Å². The Balaban J connectivity index is 2.39. The molecule has 1 aliphatic rings. The summed E-state index contributed by atoms with van der Waals surface area (Å²) >= 11 is 0. The molecule has 0 aromatic carbocycles. The third-order valence-corrected chi connectivity index (χ3v) is 3.73. The smallest absolute Gasteiger partial charge is 0.129 e. The van der Waals surface area contributed by atoms with Gasteiger partial charge in [-0.3, -0.25) is 0 Å². The van der Waals surface area contributed by atoms with Gasteiger partial charge in [0.2, 0.25) is 0 Å². The van der Waals surface area contributed by atoms with Crippen LogP contribution in [0.3, 0.4) is 0 Å². The molecule has 0 bridgehead atoms. The van der Waals surface area contributed by atoms with Crippen molar-refractivity contribution in [1.82, 2.24) is 4.98 Å². The van der Waals surface area contributed by atoms with Gasteiger partial charge in [0.1, 0.15) is 5.82 Å². The van der Waals surface area contributed by atoms with E-state index in [1.54, 1.807) is 6.20 Å². The lowest BCUT2D eigenvalue weighted by Crippen LogP contribution is -2.36. The van der Waals surface area contributed by atoms with E-state index >= 15 is 0 Å². The number of aliphatic hydroxyl groups is 1. The van der Waals surface area contributed by atoms with Gasteiger partial charge in [-0.05, 0) is 49.7 Å². The average molecular weight is 234 g/mol. The summed E-state index contributed by atoms with van der Waals surface area (Å²) in [6, 6.07) is 1.98. The summed E-state index contributed by atoms with van der Waals surface area (Å²) in [6.45, 7) is 6.37. The van der Waals surface area contributed by atoms with Crippen molar-refractivity contribution < 1.29 is 5.11 Å². The molecule has 17 heavy (non-hydrogen) atoms. The van der Waals surface area contributed by atoms with Gasteiger partial charge in [0.25, 0.3) is 0 Å². The molecule has 2 unspecified atom stereocenters. The largest absolute Gasteiger partial charge is 0.385 e. The second kappa shape index (κ2) is 4.30. The Bertz CT molecular complexity index is 407. The molecule has 3 N–H and O–H groups in total. The topological polar surface area (TPSA) is 59.1 Å². The second-order valence-corrected chi connectivity index (χ2v) is 5.83. The van der Waals surface area contributed by atoms with E-state index in [1.165, 1.54) is 6.42 Å². The summed E-state index contributed by atoms with van der Waals surface area (Å²) in [5.74, 6) is 1.53. The fourth-order valence-corrected chi connectivity index (χ4v) is 3.26. The van der Waals surface area contributed by atoms with Crippen LogP contribution in [0, 0.1) is 18.8 Å². The third kappa shape index (κ3) is 2.44. The summed E-state index contributed by atoms with van der Waals surface area (Å²) < 4.78 is 0. The number of pyridine rings is 1. The van der Waals surface area contributed by atoms with E-state index in [4.69, 9.17) is 5.73 Å². The fraction of sp³-hybridized carbons (Fsp3) is 0.643. The highest BCUT2D eigenvalue weighted by atomic mass is 16.3. The van der Waals surface area contributed by atoms with Gasteiger partial charge in [0.05, 0.1) is 5.60 Å². The Morgan fingerprint density at radius 2 is 1.94 bits per heavy atom. The molecule has 1 aliphatic carbocycles. The highest BCUT2D eigenvalue weighted by Gasteiger charge is 2.39. The molecule has 94 valence electrons. The number of anilines is 1. The van der Waals surface area contributed by atoms with Crippen molar-refractivity contribution in [2.45, 2.75) is 45.6 Å². The molecule has 1 saturated carbocycles. The minimum Gasteiger partial charge on any atom is -0.385 e. The van der Waals surface area contributed by atoms with Crippen LogP contribution < -0.4 is 5.73 Å². The first-order valence-corrected chi connectivity index (χ1v) is 6.35. The van der Waals surface area contributed by atoms with Crippen LogP contribution in [0.25, 0.3) is 0 Å². The maximum atomic E-state index is 10.9. The van der Waals surface area contributed by atoms with Gasteiger partial charge in [-0.2, -0.15) is 0 Å². The predicted molar refractivity (Wildman–Crippen MR) is 69.5 cm³/mol. The Morgan fingerprint density at radius 3 is 2.53 bits per heavy atom. The molecule has 1 aromatic rings. The first-order chi connectivity index (χ1) is 7.90. The number of rotatable bonds is 1. The zero-order valence-corrected chi connectivity index (χ0v) is 10.9. The van der Waals surface area contributed by atoms with E-state index in [9.17, 15) is 5.11 Å². The van der Waals surface area contributed by atoms with Crippen LogP contribution >= 0.6 is 0 Å². The summed E-state index contributed by atoms with van der Waals surface area (Å²) in [6.07, 6.45) is 4.50. The van der Waals surface area contributed by atoms with Gasteiger partial charge in [-0.25, -0.2) is 4.98 Å². The first-order valence-electron chi connectivity index (χ1n) is 6.35. The standard InChI is InChI=1S/C14H22N2O/c1-9-4-10(2)7-14(17,6-9)12-5-11(3)8-16-13(12)15/h5,8-10,17H,4,6-7H2,1-3H3,(H2,15,16). The van der Waals surface area contributed by atoms with Crippen molar-refractivity contribution in [2.24, 2.45) is 11.8 Å². The van der Waals surface area contributed by atoms with Crippen molar-refractivity contribution in [3.8, 4) is 0 Å². The third-order valence-electron chi connectivity index (χ3n) is 3.73. The number of nitrogens with zero attached hydrogens (tertiary/aromatic N) is 1. The van der Waals surface area contributed by atoms with Gasteiger partial charge < -0.3 is 10.8 Å². The predicted octanol–water partition coefficient (Wildman–Crippen LogP) is 2.62. The molecule has 0 saturated heterocycles. The van der Waals surface area contributed by atoms with E-state index < -0.39 is 5.60 Å². The lowest BCUT2D eigenvalue weighted by Gasteiger charge is -2.39. The lowest BCUT2D eigenvalue weighted by atomic mass is 9.70. The molecule has 2 atom stereocenters. The summed E-state index contributed by atoms with van der Waals surface area (Å²) in [7, 11) is 0. The van der Waals surface area contributed by atoms with E-state index in [2.05, 4.69) is 18.8 Å². The number of nitrogens with two attached hydrogens (primary N) is 1. The minimum absolute atomic E-state index is 0.472. The van der Waals surface area contributed by atoms with Crippen molar-refractivity contribution in [2.75, 3.05) is 5.73 Å². The molecule has 0 spiro atoms. The zero-order chi connectivity index (χ0) is 12.6. The van der Waals surface area contributed by atoms with Crippen molar-refractivity contribution >= 4 is 5.82 Å². The van der Waals surface area contributed by atoms with Gasteiger partial charge in [0.15, 0.2) is 0 Å². The average Bonchev–Trinajstić information content (AvgIpc) is 2.19. The first kappa shape index (κ1) is 12.4. The molecule has 0 radical (unpaired) electrons. The molecular formula is C14H22N2O. The van der Waals surface area contributed by atoms with Crippen molar-refractivity contribution in [1.29, 1.82) is 0 Å². The molecule has 3 heteroatoms. The molecule has 1 fully saturated rings. The van der Waals surface area contributed by atoms with Crippen LogP contribution in [0.1, 0.15) is 44.2 Å². The van der Waals surface area contributed by atoms with E-state index in [0.717, 1.165) is 24.0 Å². The Kier molecular flexibility index (Phi) is 3.13. The van der Waals surface area contributed by atoms with Crippen LogP contribution in [-0.4, -0.2) is 10.1 Å². The fourth-order valence-electron chi connectivity index (χ4n) is 3.26. The van der Waals surface area contributed by atoms with E-state index in [-0.39, 0.29) is 0 Å². The second-order valence-electron chi connectivity index (χ2n) is 5.83. The lowest BCUT2D eigenvalue weighted by molar-refractivity contribution is -0.0358. The van der Waals surface area contributed by atoms with Crippen molar-refractivity contribution in [3.63, 3.8) is 0 Å². The number of nitrogen functional groups attached to an aromatic ring is 1. The minimum atomic E-state index is -0.791. The van der Waals surface area contributed by atoms with Crippen molar-refractivity contribution in [3.05, 3.63) is 23.4 Å². The van der Waals surface area contributed by atoms with Crippen LogP contribution in [0.2, 0.25) is 0 Å². The number of aromatic nitrogens is 1. The van der Waals surface area contributed by atoms with Crippen LogP contribution in [-0.2, 0) is 5.60 Å². The van der Waals surface area contributed by atoms with E-state index in [0.29, 0.717) is 17.7 Å².